The minimum Gasteiger partial charge on any atom is -0.478 e. The Kier molecular flexibility index (Phi) is 3.49. The van der Waals surface area contributed by atoms with Crippen molar-refractivity contribution in [1.29, 1.82) is 0 Å². The lowest BCUT2D eigenvalue weighted by Crippen LogP contribution is -2.41. The molecule has 96 valence electrons. The highest BCUT2D eigenvalue weighted by atomic mass is 32.2. The van der Waals surface area contributed by atoms with Crippen molar-refractivity contribution in [3.05, 3.63) is 35.9 Å². The summed E-state index contributed by atoms with van der Waals surface area (Å²) in [6.07, 6.45) is 3.33. The van der Waals surface area contributed by atoms with Gasteiger partial charge in [0.1, 0.15) is 0 Å². The van der Waals surface area contributed by atoms with Crippen LogP contribution < -0.4 is 0 Å². The third-order valence-electron chi connectivity index (χ3n) is 2.75. The molecular formula is C12H13NO4S. The second-order valence-corrected chi connectivity index (χ2v) is 5.94. The van der Waals surface area contributed by atoms with Crippen LogP contribution in [0, 0.1) is 0 Å². The molecule has 1 aromatic rings. The molecule has 0 radical (unpaired) electrons. The van der Waals surface area contributed by atoms with Gasteiger partial charge in [-0.3, -0.25) is 0 Å². The number of hydrogen-bond acceptors (Lipinski definition) is 3. The largest absolute Gasteiger partial charge is 0.478 e. The smallest absolute Gasteiger partial charge is 0.328 e. The van der Waals surface area contributed by atoms with Crippen LogP contribution in [0.1, 0.15) is 12.0 Å². The van der Waals surface area contributed by atoms with Gasteiger partial charge in [-0.1, -0.05) is 12.1 Å². The summed E-state index contributed by atoms with van der Waals surface area (Å²) in [5.41, 5.74) is 0.653. The van der Waals surface area contributed by atoms with E-state index >= 15 is 0 Å². The first-order valence-corrected chi connectivity index (χ1v) is 6.95. The third-order valence-corrected chi connectivity index (χ3v) is 4.66. The van der Waals surface area contributed by atoms with Gasteiger partial charge in [-0.2, -0.15) is 4.31 Å². The van der Waals surface area contributed by atoms with E-state index in [1.165, 1.54) is 22.5 Å². The van der Waals surface area contributed by atoms with Gasteiger partial charge in [-0.25, -0.2) is 13.2 Å². The quantitative estimate of drug-likeness (QED) is 0.831. The van der Waals surface area contributed by atoms with Crippen molar-refractivity contribution >= 4 is 22.1 Å². The van der Waals surface area contributed by atoms with Gasteiger partial charge < -0.3 is 5.11 Å². The fourth-order valence-electron chi connectivity index (χ4n) is 1.60. The Hall–Kier alpha value is -1.66. The summed E-state index contributed by atoms with van der Waals surface area (Å²) < 4.78 is 25.4. The number of carboxylic acid groups (broad SMARTS) is 1. The molecule has 0 aromatic heterocycles. The second kappa shape index (κ2) is 4.91. The van der Waals surface area contributed by atoms with E-state index < -0.39 is 16.0 Å². The Bertz CT molecular complexity index is 571. The zero-order valence-electron chi connectivity index (χ0n) is 9.61. The highest BCUT2D eigenvalue weighted by molar-refractivity contribution is 7.89. The van der Waals surface area contributed by atoms with Gasteiger partial charge in [0.25, 0.3) is 0 Å². The van der Waals surface area contributed by atoms with Crippen molar-refractivity contribution in [2.75, 3.05) is 13.1 Å². The zero-order valence-corrected chi connectivity index (χ0v) is 10.4. The van der Waals surface area contributed by atoms with Gasteiger partial charge in [0.15, 0.2) is 0 Å². The van der Waals surface area contributed by atoms with Crippen LogP contribution in [0.2, 0.25) is 0 Å². The maximum atomic E-state index is 12.0. The SMILES string of the molecule is O=C(O)/C=C/c1ccc(S(=O)(=O)N2CCC2)cc1. The van der Waals surface area contributed by atoms with Crippen LogP contribution in [-0.2, 0) is 14.8 Å². The minimum atomic E-state index is -3.36. The first-order valence-electron chi connectivity index (χ1n) is 5.51. The second-order valence-electron chi connectivity index (χ2n) is 4.00. The predicted octanol–water partition coefficient (Wildman–Crippen LogP) is 1.18. The fourth-order valence-corrected chi connectivity index (χ4v) is 3.11. The number of hydrogen-bond donors (Lipinski definition) is 1. The van der Waals surface area contributed by atoms with E-state index in [0.717, 1.165) is 12.5 Å². The average molecular weight is 267 g/mol. The summed E-state index contributed by atoms with van der Waals surface area (Å²) in [5.74, 6) is -1.03. The number of carboxylic acids is 1. The molecular weight excluding hydrogens is 254 g/mol. The molecule has 0 unspecified atom stereocenters. The molecule has 1 aliphatic heterocycles. The highest BCUT2D eigenvalue weighted by Gasteiger charge is 2.28. The summed E-state index contributed by atoms with van der Waals surface area (Å²) in [7, 11) is -3.36. The summed E-state index contributed by atoms with van der Waals surface area (Å²) >= 11 is 0. The van der Waals surface area contributed by atoms with Crippen molar-refractivity contribution in [3.63, 3.8) is 0 Å². The lowest BCUT2D eigenvalue weighted by Gasteiger charge is -2.29. The standard InChI is InChI=1S/C12H13NO4S/c14-12(15)7-4-10-2-5-11(6-3-10)18(16,17)13-8-1-9-13/h2-7H,1,8-9H2,(H,14,15)/b7-4+. The average Bonchev–Trinajstić information content (AvgIpc) is 2.24. The van der Waals surface area contributed by atoms with Gasteiger partial charge in [0.2, 0.25) is 10.0 Å². The number of carbonyl (C=O) groups is 1. The lowest BCUT2D eigenvalue weighted by molar-refractivity contribution is -0.131. The van der Waals surface area contributed by atoms with Crippen LogP contribution in [0.15, 0.2) is 35.2 Å². The molecule has 18 heavy (non-hydrogen) atoms. The first-order chi connectivity index (χ1) is 8.50. The van der Waals surface area contributed by atoms with E-state index in [4.69, 9.17) is 5.11 Å². The van der Waals surface area contributed by atoms with Gasteiger partial charge in [-0.15, -0.1) is 0 Å². The molecule has 6 heteroatoms. The van der Waals surface area contributed by atoms with Crippen LogP contribution in [0.25, 0.3) is 6.08 Å². The van der Waals surface area contributed by atoms with E-state index in [9.17, 15) is 13.2 Å². The van der Waals surface area contributed by atoms with Crippen LogP contribution in [0.3, 0.4) is 0 Å². The number of rotatable bonds is 4. The lowest BCUT2D eigenvalue weighted by atomic mass is 10.2. The van der Waals surface area contributed by atoms with Crippen LogP contribution in [0.5, 0.6) is 0 Å². The van der Waals surface area contributed by atoms with Gasteiger partial charge in [-0.05, 0) is 30.2 Å². The maximum absolute atomic E-state index is 12.0. The number of sulfonamides is 1. The van der Waals surface area contributed by atoms with E-state index in [2.05, 4.69) is 0 Å². The van der Waals surface area contributed by atoms with Gasteiger partial charge >= 0.3 is 5.97 Å². The normalized spacial score (nSPS) is 16.7. The van der Waals surface area contributed by atoms with Crippen molar-refractivity contribution in [2.24, 2.45) is 0 Å². The molecule has 0 spiro atoms. The molecule has 1 fully saturated rings. The number of aliphatic carboxylic acids is 1. The van der Waals surface area contributed by atoms with Gasteiger partial charge in [0, 0.05) is 19.2 Å². The zero-order chi connectivity index (χ0) is 13.2. The molecule has 1 N–H and O–H groups in total. The summed E-state index contributed by atoms with van der Waals surface area (Å²) in [6, 6.07) is 6.17. The molecule has 2 rings (SSSR count). The molecule has 0 aliphatic carbocycles. The van der Waals surface area contributed by atoms with E-state index in [0.29, 0.717) is 18.7 Å². The highest BCUT2D eigenvalue weighted by Crippen LogP contribution is 2.21. The molecule has 0 atom stereocenters. The third kappa shape index (κ3) is 2.60. The van der Waals surface area contributed by atoms with Crippen LogP contribution in [-0.4, -0.2) is 36.9 Å². The maximum Gasteiger partial charge on any atom is 0.328 e. The van der Waals surface area contributed by atoms with E-state index in [-0.39, 0.29) is 4.90 Å². The van der Waals surface area contributed by atoms with Crippen LogP contribution in [0.4, 0.5) is 0 Å². The predicted molar refractivity (Wildman–Crippen MR) is 66.5 cm³/mol. The molecule has 1 saturated heterocycles. The summed E-state index contributed by atoms with van der Waals surface area (Å²) in [6.45, 7) is 1.14. The molecule has 1 aromatic carbocycles. The molecule has 0 bridgehead atoms. The Morgan fingerprint density at radius 3 is 2.28 bits per heavy atom. The Labute approximate surface area is 105 Å². The summed E-state index contributed by atoms with van der Waals surface area (Å²) in [5, 5.41) is 8.48. The topological polar surface area (TPSA) is 74.7 Å². The minimum absolute atomic E-state index is 0.245. The molecule has 1 heterocycles. The molecule has 1 aliphatic rings. The Balaban J connectivity index is 2.19. The monoisotopic (exact) mass is 267 g/mol. The van der Waals surface area contributed by atoms with Crippen LogP contribution >= 0.6 is 0 Å². The van der Waals surface area contributed by atoms with Crippen molar-refractivity contribution in [2.45, 2.75) is 11.3 Å². The van der Waals surface area contributed by atoms with Crippen molar-refractivity contribution < 1.29 is 18.3 Å². The van der Waals surface area contributed by atoms with Gasteiger partial charge in [0.05, 0.1) is 4.90 Å². The summed E-state index contributed by atoms with van der Waals surface area (Å²) in [4.78, 5) is 10.6. The Morgan fingerprint density at radius 1 is 1.22 bits per heavy atom. The number of nitrogens with zero attached hydrogens (tertiary/aromatic N) is 1. The van der Waals surface area contributed by atoms with Crippen molar-refractivity contribution in [1.82, 2.24) is 4.31 Å². The Morgan fingerprint density at radius 2 is 1.83 bits per heavy atom. The number of benzene rings is 1. The molecule has 0 amide bonds. The molecule has 0 saturated carbocycles. The van der Waals surface area contributed by atoms with Crippen molar-refractivity contribution in [3.8, 4) is 0 Å². The van der Waals surface area contributed by atoms with E-state index in [1.807, 2.05) is 0 Å². The fraction of sp³-hybridized carbons (Fsp3) is 0.250. The van der Waals surface area contributed by atoms with E-state index in [1.54, 1.807) is 12.1 Å². The molecule has 5 nitrogen and oxygen atoms in total. The first kappa shape index (κ1) is 12.8.